The van der Waals surface area contributed by atoms with Gasteiger partial charge in [0.2, 0.25) is 0 Å². The molecule has 90 valence electrons. The Kier molecular flexibility index (Phi) is 6.77. The van der Waals surface area contributed by atoms with Gasteiger partial charge in [-0.3, -0.25) is 0 Å². The molecule has 0 aromatic rings. The number of terminal acetylenes is 1. The Balaban J connectivity index is 4.23. The number of carbonyl (C=O) groups excluding carboxylic acids is 1. The highest BCUT2D eigenvalue weighted by Crippen LogP contribution is 2.01. The quantitative estimate of drug-likeness (QED) is 0.661. The zero-order valence-electron chi connectivity index (χ0n) is 9.69. The van der Waals surface area contributed by atoms with Crippen LogP contribution in [0.3, 0.4) is 0 Å². The van der Waals surface area contributed by atoms with E-state index in [2.05, 4.69) is 11.2 Å². The first-order chi connectivity index (χ1) is 7.52. The number of carboxylic acid groups (broad SMARTS) is 1. The smallest absolute Gasteiger partial charge is 0.326 e. The van der Waals surface area contributed by atoms with Gasteiger partial charge < -0.3 is 15.3 Å². The summed E-state index contributed by atoms with van der Waals surface area (Å²) in [6.07, 6.45) is 7.13. The zero-order chi connectivity index (χ0) is 12.6. The number of aliphatic carboxylic acids is 1. The van der Waals surface area contributed by atoms with E-state index in [0.717, 1.165) is 12.8 Å². The number of nitrogens with zero attached hydrogens (tertiary/aromatic N) is 1. The van der Waals surface area contributed by atoms with Crippen LogP contribution in [0.1, 0.15) is 26.2 Å². The Hall–Kier alpha value is -1.70. The molecule has 2 N–H and O–H groups in total. The van der Waals surface area contributed by atoms with E-state index in [4.69, 9.17) is 11.5 Å². The number of hydrogen-bond acceptors (Lipinski definition) is 2. The van der Waals surface area contributed by atoms with E-state index >= 15 is 0 Å². The maximum atomic E-state index is 11.5. The van der Waals surface area contributed by atoms with Gasteiger partial charge in [-0.25, -0.2) is 9.59 Å². The van der Waals surface area contributed by atoms with E-state index in [1.165, 1.54) is 11.9 Å². The summed E-state index contributed by atoms with van der Waals surface area (Å²) < 4.78 is 0. The molecule has 0 aliphatic heterocycles. The highest BCUT2D eigenvalue weighted by atomic mass is 16.4. The van der Waals surface area contributed by atoms with E-state index in [1.54, 1.807) is 0 Å². The number of rotatable bonds is 6. The molecule has 0 spiro atoms. The zero-order valence-corrected chi connectivity index (χ0v) is 9.69. The third-order valence-electron chi connectivity index (χ3n) is 2.12. The first kappa shape index (κ1) is 14.3. The second kappa shape index (κ2) is 7.57. The molecule has 2 amide bonds. The van der Waals surface area contributed by atoms with Gasteiger partial charge >= 0.3 is 12.0 Å². The molecule has 0 unspecified atom stereocenters. The Bertz CT molecular complexity index is 283. The van der Waals surface area contributed by atoms with Crippen molar-refractivity contribution in [3.63, 3.8) is 0 Å². The molecule has 1 atom stereocenters. The largest absolute Gasteiger partial charge is 0.480 e. The summed E-state index contributed by atoms with van der Waals surface area (Å²) in [5, 5.41) is 11.3. The second-order valence-corrected chi connectivity index (χ2v) is 3.54. The van der Waals surface area contributed by atoms with Crippen LogP contribution >= 0.6 is 0 Å². The van der Waals surface area contributed by atoms with Gasteiger partial charge in [0.05, 0.1) is 6.54 Å². The van der Waals surface area contributed by atoms with Gasteiger partial charge in [0, 0.05) is 7.05 Å². The third kappa shape index (κ3) is 5.25. The molecular formula is C11H18N2O3. The number of amides is 2. The van der Waals surface area contributed by atoms with Crippen LogP contribution < -0.4 is 5.32 Å². The van der Waals surface area contributed by atoms with Gasteiger partial charge in [0.25, 0.3) is 0 Å². The molecule has 0 aromatic carbocycles. The van der Waals surface area contributed by atoms with E-state index in [0.29, 0.717) is 6.42 Å². The summed E-state index contributed by atoms with van der Waals surface area (Å²) in [6, 6.07) is -1.30. The molecule has 0 aliphatic rings. The lowest BCUT2D eigenvalue weighted by Gasteiger charge is -2.19. The fraction of sp³-hybridized carbons (Fsp3) is 0.636. The molecular weight excluding hydrogens is 208 g/mol. The van der Waals surface area contributed by atoms with Crippen molar-refractivity contribution in [1.29, 1.82) is 0 Å². The minimum absolute atomic E-state index is 0.159. The molecule has 0 saturated heterocycles. The van der Waals surface area contributed by atoms with Crippen molar-refractivity contribution >= 4 is 12.0 Å². The van der Waals surface area contributed by atoms with Crippen LogP contribution in [0, 0.1) is 12.3 Å². The summed E-state index contributed by atoms with van der Waals surface area (Å²) in [7, 11) is 1.52. The molecule has 0 aliphatic carbocycles. The molecule has 0 aromatic heterocycles. The van der Waals surface area contributed by atoms with Gasteiger partial charge in [-0.05, 0) is 6.42 Å². The predicted octanol–water partition coefficient (Wildman–Crippen LogP) is 0.904. The van der Waals surface area contributed by atoms with Gasteiger partial charge in [-0.1, -0.05) is 25.7 Å². The lowest BCUT2D eigenvalue weighted by atomic mass is 10.1. The fourth-order valence-electron chi connectivity index (χ4n) is 1.13. The molecule has 5 heteroatoms. The summed E-state index contributed by atoms with van der Waals surface area (Å²) in [5.74, 6) is 1.29. The number of hydrogen-bond donors (Lipinski definition) is 2. The summed E-state index contributed by atoms with van der Waals surface area (Å²) in [4.78, 5) is 23.6. The van der Waals surface area contributed by atoms with Crippen LogP contribution in [0.5, 0.6) is 0 Å². The number of urea groups is 1. The van der Waals surface area contributed by atoms with Gasteiger partial charge in [0.1, 0.15) is 6.04 Å². The van der Waals surface area contributed by atoms with Crippen molar-refractivity contribution in [2.24, 2.45) is 0 Å². The standard InChI is InChI=1S/C11H18N2O3/c1-4-6-7-9(10(14)15)12-11(16)13(3)8-5-2/h2,9H,4,6-8H2,1,3H3,(H,12,16)(H,14,15)/t9-/m0/s1. The lowest BCUT2D eigenvalue weighted by Crippen LogP contribution is -2.46. The number of unbranched alkanes of at least 4 members (excludes halogenated alkanes) is 1. The Morgan fingerprint density at radius 1 is 1.56 bits per heavy atom. The number of nitrogens with one attached hydrogen (secondary N) is 1. The van der Waals surface area contributed by atoms with Crippen LogP contribution in [-0.4, -0.2) is 41.6 Å². The Morgan fingerprint density at radius 3 is 2.62 bits per heavy atom. The molecule has 0 fully saturated rings. The third-order valence-corrected chi connectivity index (χ3v) is 2.12. The van der Waals surface area contributed by atoms with Crippen LogP contribution in [-0.2, 0) is 4.79 Å². The fourth-order valence-corrected chi connectivity index (χ4v) is 1.13. The monoisotopic (exact) mass is 226 g/mol. The summed E-state index contributed by atoms with van der Waals surface area (Å²) in [6.45, 7) is 2.12. The molecule has 0 rings (SSSR count). The molecule has 0 bridgehead atoms. The average Bonchev–Trinajstić information content (AvgIpc) is 2.23. The molecule has 0 radical (unpaired) electrons. The first-order valence-electron chi connectivity index (χ1n) is 5.20. The number of carboxylic acids is 1. The van der Waals surface area contributed by atoms with Gasteiger partial charge in [-0.2, -0.15) is 0 Å². The highest BCUT2D eigenvalue weighted by molar-refractivity contribution is 5.82. The van der Waals surface area contributed by atoms with Crippen molar-refractivity contribution < 1.29 is 14.7 Å². The maximum absolute atomic E-state index is 11.5. The van der Waals surface area contributed by atoms with Crippen LogP contribution in [0.15, 0.2) is 0 Å². The molecule has 0 heterocycles. The lowest BCUT2D eigenvalue weighted by molar-refractivity contribution is -0.139. The van der Waals surface area contributed by atoms with Crippen molar-refractivity contribution in [3.05, 3.63) is 0 Å². The van der Waals surface area contributed by atoms with E-state index in [-0.39, 0.29) is 6.54 Å². The SMILES string of the molecule is C#CCN(C)C(=O)N[C@@H](CCCC)C(=O)O. The van der Waals surface area contributed by atoms with E-state index < -0.39 is 18.0 Å². The molecule has 16 heavy (non-hydrogen) atoms. The van der Waals surface area contributed by atoms with Crippen molar-refractivity contribution in [2.75, 3.05) is 13.6 Å². The summed E-state index contributed by atoms with van der Waals surface area (Å²) >= 11 is 0. The van der Waals surface area contributed by atoms with Crippen LogP contribution in [0.4, 0.5) is 4.79 Å². The van der Waals surface area contributed by atoms with Crippen LogP contribution in [0.2, 0.25) is 0 Å². The average molecular weight is 226 g/mol. The van der Waals surface area contributed by atoms with Gasteiger partial charge in [0.15, 0.2) is 0 Å². The first-order valence-corrected chi connectivity index (χ1v) is 5.20. The minimum atomic E-state index is -1.02. The van der Waals surface area contributed by atoms with Crippen molar-refractivity contribution in [1.82, 2.24) is 10.2 Å². The molecule has 5 nitrogen and oxygen atoms in total. The van der Waals surface area contributed by atoms with Crippen molar-refractivity contribution in [2.45, 2.75) is 32.2 Å². The summed E-state index contributed by atoms with van der Waals surface area (Å²) in [5.41, 5.74) is 0. The normalized spacial score (nSPS) is 11.3. The maximum Gasteiger partial charge on any atom is 0.326 e. The van der Waals surface area contributed by atoms with E-state index in [1.807, 2.05) is 6.92 Å². The Morgan fingerprint density at radius 2 is 2.19 bits per heavy atom. The topological polar surface area (TPSA) is 69.6 Å². The van der Waals surface area contributed by atoms with Crippen molar-refractivity contribution in [3.8, 4) is 12.3 Å². The number of carbonyl (C=O) groups is 2. The van der Waals surface area contributed by atoms with Crippen LogP contribution in [0.25, 0.3) is 0 Å². The predicted molar refractivity (Wildman–Crippen MR) is 60.9 cm³/mol. The second-order valence-electron chi connectivity index (χ2n) is 3.54. The molecule has 0 saturated carbocycles. The van der Waals surface area contributed by atoms with E-state index in [9.17, 15) is 9.59 Å². The minimum Gasteiger partial charge on any atom is -0.480 e. The Labute approximate surface area is 95.8 Å². The van der Waals surface area contributed by atoms with Gasteiger partial charge in [-0.15, -0.1) is 6.42 Å². The highest BCUT2D eigenvalue weighted by Gasteiger charge is 2.20.